The highest BCUT2D eigenvalue weighted by Gasteiger charge is 2.31. The second-order valence-corrected chi connectivity index (χ2v) is 5.88. The molecular weight excluding hydrogens is 278 g/mol. The first kappa shape index (κ1) is 13.3. The second-order valence-electron chi connectivity index (χ2n) is 4.87. The van der Waals surface area contributed by atoms with Crippen molar-refractivity contribution in [1.82, 2.24) is 4.98 Å². The molecule has 7 nitrogen and oxygen atoms in total. The SMILES string of the molecule is N=C(N)OC(=N)c1nc(C2CC2)sc1N1CCOCC1. The smallest absolute Gasteiger partial charge is 0.286 e. The van der Waals surface area contributed by atoms with Crippen LogP contribution in [0.1, 0.15) is 29.5 Å². The normalized spacial score (nSPS) is 18.9. The third-order valence-electron chi connectivity index (χ3n) is 3.28. The number of morpholine rings is 1. The van der Waals surface area contributed by atoms with E-state index in [1.54, 1.807) is 11.3 Å². The van der Waals surface area contributed by atoms with E-state index in [0.29, 0.717) is 24.8 Å². The minimum Gasteiger partial charge on any atom is -0.405 e. The summed E-state index contributed by atoms with van der Waals surface area (Å²) in [4.78, 5) is 6.70. The summed E-state index contributed by atoms with van der Waals surface area (Å²) >= 11 is 1.62. The lowest BCUT2D eigenvalue weighted by molar-refractivity contribution is 0.123. The van der Waals surface area contributed by atoms with E-state index in [9.17, 15) is 0 Å². The van der Waals surface area contributed by atoms with Gasteiger partial charge in [-0.3, -0.25) is 10.8 Å². The molecule has 3 rings (SSSR count). The van der Waals surface area contributed by atoms with Crippen LogP contribution in [0.2, 0.25) is 0 Å². The van der Waals surface area contributed by atoms with Gasteiger partial charge in [-0.2, -0.15) is 0 Å². The van der Waals surface area contributed by atoms with Crippen molar-refractivity contribution >= 4 is 28.3 Å². The fourth-order valence-corrected chi connectivity index (χ4v) is 3.40. The molecule has 4 N–H and O–H groups in total. The van der Waals surface area contributed by atoms with Crippen LogP contribution >= 0.6 is 11.3 Å². The van der Waals surface area contributed by atoms with E-state index in [1.807, 2.05) is 0 Å². The molecule has 1 aromatic heterocycles. The Bertz CT molecular complexity index is 534. The molecule has 0 spiro atoms. The summed E-state index contributed by atoms with van der Waals surface area (Å²) < 4.78 is 10.3. The zero-order chi connectivity index (χ0) is 14.1. The Morgan fingerprint density at radius 2 is 2.05 bits per heavy atom. The van der Waals surface area contributed by atoms with Gasteiger partial charge in [0.15, 0.2) is 5.69 Å². The topological polar surface area (TPSA) is 108 Å². The molecule has 108 valence electrons. The summed E-state index contributed by atoms with van der Waals surface area (Å²) in [6.45, 7) is 2.92. The molecule has 20 heavy (non-hydrogen) atoms. The Hall–Kier alpha value is -1.67. The van der Waals surface area contributed by atoms with Crippen molar-refractivity contribution in [2.75, 3.05) is 31.2 Å². The van der Waals surface area contributed by atoms with Crippen LogP contribution in [0, 0.1) is 10.8 Å². The highest BCUT2D eigenvalue weighted by atomic mass is 32.1. The fraction of sp³-hybridized carbons (Fsp3) is 0.583. The number of ether oxygens (including phenoxy) is 2. The van der Waals surface area contributed by atoms with Crippen molar-refractivity contribution in [3.8, 4) is 0 Å². The number of amidine groups is 1. The summed E-state index contributed by atoms with van der Waals surface area (Å²) in [6.07, 6.45) is 2.33. The van der Waals surface area contributed by atoms with Crippen molar-refractivity contribution in [2.45, 2.75) is 18.8 Å². The minimum atomic E-state index is -0.483. The summed E-state index contributed by atoms with van der Waals surface area (Å²) in [6, 6.07) is -0.483. The minimum absolute atomic E-state index is 0.151. The number of thiazole rings is 1. The van der Waals surface area contributed by atoms with Crippen LogP contribution in [-0.4, -0.2) is 43.2 Å². The Morgan fingerprint density at radius 1 is 1.35 bits per heavy atom. The van der Waals surface area contributed by atoms with Crippen LogP contribution in [0.15, 0.2) is 0 Å². The number of hydrogen-bond donors (Lipinski definition) is 3. The predicted molar refractivity (Wildman–Crippen MR) is 76.9 cm³/mol. The molecule has 0 atom stereocenters. The monoisotopic (exact) mass is 295 g/mol. The van der Waals surface area contributed by atoms with Gasteiger partial charge in [0.05, 0.1) is 18.2 Å². The molecule has 2 aliphatic rings. The van der Waals surface area contributed by atoms with Gasteiger partial charge in [0.25, 0.3) is 6.02 Å². The molecular formula is C12H17N5O2S. The molecule has 2 fully saturated rings. The maximum absolute atomic E-state index is 7.94. The van der Waals surface area contributed by atoms with Crippen LogP contribution in [0.25, 0.3) is 0 Å². The number of nitrogens with zero attached hydrogens (tertiary/aromatic N) is 2. The summed E-state index contributed by atoms with van der Waals surface area (Å²) in [7, 11) is 0. The predicted octanol–water partition coefficient (Wildman–Crippen LogP) is 1.09. The Morgan fingerprint density at radius 3 is 2.65 bits per heavy atom. The molecule has 1 aliphatic carbocycles. The van der Waals surface area contributed by atoms with Crippen molar-refractivity contribution < 1.29 is 9.47 Å². The van der Waals surface area contributed by atoms with Gasteiger partial charge in [-0.25, -0.2) is 4.98 Å². The Labute approximate surface area is 120 Å². The number of aromatic nitrogens is 1. The van der Waals surface area contributed by atoms with Gasteiger partial charge in [-0.1, -0.05) is 0 Å². The van der Waals surface area contributed by atoms with E-state index in [-0.39, 0.29) is 5.90 Å². The van der Waals surface area contributed by atoms with Gasteiger partial charge in [0, 0.05) is 19.0 Å². The standard InChI is InChI=1S/C12H17N5O2S/c13-9(19-12(14)15)8-11(17-3-5-18-6-4-17)20-10(16-8)7-1-2-7/h7,13H,1-6H2,(H3,14,15). The Balaban J connectivity index is 1.88. The maximum atomic E-state index is 7.94. The lowest BCUT2D eigenvalue weighted by Crippen LogP contribution is -2.36. The number of rotatable bonds is 3. The lowest BCUT2D eigenvalue weighted by Gasteiger charge is -2.27. The van der Waals surface area contributed by atoms with E-state index in [2.05, 4.69) is 9.88 Å². The van der Waals surface area contributed by atoms with Gasteiger partial charge >= 0.3 is 0 Å². The molecule has 0 amide bonds. The molecule has 0 aromatic carbocycles. The number of nitrogens with two attached hydrogens (primary N) is 1. The third-order valence-corrected chi connectivity index (χ3v) is 4.56. The summed E-state index contributed by atoms with van der Waals surface area (Å²) in [5.74, 6) is 0.376. The summed E-state index contributed by atoms with van der Waals surface area (Å²) in [5, 5.41) is 17.1. The molecule has 1 saturated carbocycles. The van der Waals surface area contributed by atoms with Crippen LogP contribution in [0.3, 0.4) is 0 Å². The Kier molecular flexibility index (Phi) is 3.58. The molecule has 0 radical (unpaired) electrons. The van der Waals surface area contributed by atoms with E-state index in [1.165, 1.54) is 0 Å². The first-order valence-electron chi connectivity index (χ1n) is 6.59. The van der Waals surface area contributed by atoms with Crippen LogP contribution in [0.5, 0.6) is 0 Å². The summed E-state index contributed by atoms with van der Waals surface area (Å²) in [5.41, 5.74) is 5.69. The van der Waals surface area contributed by atoms with Crippen molar-refractivity contribution in [3.05, 3.63) is 10.7 Å². The number of nitrogens with one attached hydrogen (secondary N) is 2. The molecule has 0 unspecified atom stereocenters. The van der Waals surface area contributed by atoms with Crippen LogP contribution in [-0.2, 0) is 9.47 Å². The molecule has 1 aromatic rings. The quantitative estimate of drug-likeness (QED) is 0.571. The van der Waals surface area contributed by atoms with E-state index < -0.39 is 6.02 Å². The van der Waals surface area contributed by atoms with Crippen molar-refractivity contribution in [2.24, 2.45) is 5.73 Å². The molecule has 1 saturated heterocycles. The highest BCUT2D eigenvalue weighted by molar-refractivity contribution is 7.16. The first-order valence-corrected chi connectivity index (χ1v) is 7.41. The van der Waals surface area contributed by atoms with Gasteiger partial charge in [-0.05, 0) is 12.8 Å². The second kappa shape index (κ2) is 5.37. The molecule has 1 aliphatic heterocycles. The average molecular weight is 295 g/mol. The van der Waals surface area contributed by atoms with Crippen molar-refractivity contribution in [3.63, 3.8) is 0 Å². The number of hydrogen-bond acceptors (Lipinski definition) is 7. The largest absolute Gasteiger partial charge is 0.405 e. The average Bonchev–Trinajstić information content (AvgIpc) is 3.18. The zero-order valence-electron chi connectivity index (χ0n) is 11.0. The van der Waals surface area contributed by atoms with E-state index in [0.717, 1.165) is 35.9 Å². The van der Waals surface area contributed by atoms with Crippen LogP contribution in [0.4, 0.5) is 5.00 Å². The van der Waals surface area contributed by atoms with E-state index in [4.69, 9.17) is 26.0 Å². The maximum Gasteiger partial charge on any atom is 0.286 e. The third kappa shape index (κ3) is 2.75. The van der Waals surface area contributed by atoms with Gasteiger partial charge in [0.2, 0.25) is 5.90 Å². The van der Waals surface area contributed by atoms with Gasteiger partial charge in [0.1, 0.15) is 5.00 Å². The van der Waals surface area contributed by atoms with E-state index >= 15 is 0 Å². The lowest BCUT2D eigenvalue weighted by atomic mass is 10.3. The molecule has 8 heteroatoms. The van der Waals surface area contributed by atoms with Crippen molar-refractivity contribution in [1.29, 1.82) is 10.8 Å². The number of anilines is 1. The van der Waals surface area contributed by atoms with Gasteiger partial charge in [-0.15, -0.1) is 11.3 Å². The molecule has 2 heterocycles. The van der Waals surface area contributed by atoms with Crippen LogP contribution < -0.4 is 10.6 Å². The first-order chi connectivity index (χ1) is 9.65. The highest BCUT2D eigenvalue weighted by Crippen LogP contribution is 2.45. The fourth-order valence-electron chi connectivity index (χ4n) is 2.12. The van der Waals surface area contributed by atoms with Gasteiger partial charge < -0.3 is 20.1 Å². The zero-order valence-corrected chi connectivity index (χ0v) is 11.8. The molecule has 0 bridgehead atoms.